The highest BCUT2D eigenvalue weighted by atomic mass is 16.6. The van der Waals surface area contributed by atoms with Crippen molar-refractivity contribution in [2.75, 3.05) is 13.2 Å². The van der Waals surface area contributed by atoms with Crippen LogP contribution in [0.3, 0.4) is 0 Å². The minimum atomic E-state index is -0.781. The lowest BCUT2D eigenvalue weighted by molar-refractivity contribution is -0.167. The summed E-state index contributed by atoms with van der Waals surface area (Å²) in [5, 5.41) is 0. The predicted molar refractivity (Wildman–Crippen MR) is 312 cm³/mol. The second kappa shape index (κ2) is 61.2. The molecule has 0 aliphatic rings. The van der Waals surface area contributed by atoms with Crippen molar-refractivity contribution in [2.24, 2.45) is 0 Å². The largest absolute Gasteiger partial charge is 0.462 e. The maximum Gasteiger partial charge on any atom is 0.306 e. The monoisotopic (exact) mass is 1010 g/mol. The third-order valence-corrected chi connectivity index (χ3v) is 14.4. The fraction of sp³-hybridized carbons (Fsp3) is 0.864. The van der Waals surface area contributed by atoms with E-state index in [0.717, 1.165) is 83.5 Å². The zero-order valence-electron chi connectivity index (χ0n) is 48.5. The van der Waals surface area contributed by atoms with Crippen LogP contribution in [0.25, 0.3) is 0 Å². The zero-order chi connectivity index (χ0) is 52.2. The van der Waals surface area contributed by atoms with Crippen molar-refractivity contribution in [1.82, 2.24) is 0 Å². The first kappa shape index (κ1) is 69.6. The van der Waals surface area contributed by atoms with Crippen molar-refractivity contribution in [3.8, 4) is 0 Å². The fourth-order valence-electron chi connectivity index (χ4n) is 9.64. The van der Waals surface area contributed by atoms with Crippen molar-refractivity contribution in [1.29, 1.82) is 0 Å². The Morgan fingerprint density at radius 2 is 0.542 bits per heavy atom. The summed E-state index contributed by atoms with van der Waals surface area (Å²) in [4.78, 5) is 37.8. The van der Waals surface area contributed by atoms with Crippen LogP contribution in [0.5, 0.6) is 0 Å². The van der Waals surface area contributed by atoms with E-state index < -0.39 is 6.10 Å². The Morgan fingerprint density at radius 1 is 0.292 bits per heavy atom. The van der Waals surface area contributed by atoms with Gasteiger partial charge in [0.05, 0.1) is 0 Å². The van der Waals surface area contributed by atoms with Gasteiger partial charge in [-0.15, -0.1) is 0 Å². The number of hydrogen-bond acceptors (Lipinski definition) is 6. The molecule has 0 N–H and O–H groups in total. The number of ether oxygens (including phenoxy) is 3. The van der Waals surface area contributed by atoms with Gasteiger partial charge in [0.1, 0.15) is 13.2 Å². The van der Waals surface area contributed by atoms with Crippen molar-refractivity contribution >= 4 is 17.9 Å². The summed E-state index contributed by atoms with van der Waals surface area (Å²) in [7, 11) is 0. The molecule has 0 rings (SSSR count). The molecule has 1 unspecified atom stereocenters. The topological polar surface area (TPSA) is 78.9 Å². The first-order valence-corrected chi connectivity index (χ1v) is 32.0. The molecule has 422 valence electrons. The number of unbranched alkanes of at least 4 members (excludes halogenated alkanes) is 42. The molecule has 72 heavy (non-hydrogen) atoms. The van der Waals surface area contributed by atoms with Gasteiger partial charge in [0.25, 0.3) is 0 Å². The van der Waals surface area contributed by atoms with Gasteiger partial charge in [-0.2, -0.15) is 0 Å². The second-order valence-corrected chi connectivity index (χ2v) is 21.7. The molecule has 0 aromatic rings. The lowest BCUT2D eigenvalue weighted by Gasteiger charge is -2.18. The van der Waals surface area contributed by atoms with Gasteiger partial charge in [0.2, 0.25) is 0 Å². The Balaban J connectivity index is 3.84. The standard InChI is InChI=1S/C66H122O6/c1-4-7-10-13-16-18-20-22-23-24-25-26-27-28-29-30-31-32-33-34-35-36-37-38-39-40-41-42-43-45-46-48-50-53-56-59-65(68)71-62-63(61-70-64(67)58-55-52-15-12-9-6-3)72-66(69)60-57-54-51-49-47-44-21-19-17-14-11-8-5-2/h8,11,17,19,44,47,63H,4-7,9-10,12-16,18,20-43,45-46,48-62H2,1-3H3/b11-8-,19-17-,47-44-. The molecule has 0 amide bonds. The van der Waals surface area contributed by atoms with Crippen LogP contribution < -0.4 is 0 Å². The van der Waals surface area contributed by atoms with E-state index in [1.807, 2.05) is 0 Å². The van der Waals surface area contributed by atoms with Gasteiger partial charge in [-0.25, -0.2) is 0 Å². The van der Waals surface area contributed by atoms with E-state index >= 15 is 0 Å². The molecule has 0 aliphatic heterocycles. The first-order valence-electron chi connectivity index (χ1n) is 32.0. The van der Waals surface area contributed by atoms with Crippen LogP contribution >= 0.6 is 0 Å². The third-order valence-electron chi connectivity index (χ3n) is 14.4. The van der Waals surface area contributed by atoms with Crippen LogP contribution in [0.1, 0.15) is 348 Å². The molecule has 0 spiro atoms. The number of rotatable bonds is 59. The lowest BCUT2D eigenvalue weighted by Crippen LogP contribution is -2.30. The van der Waals surface area contributed by atoms with E-state index in [0.29, 0.717) is 19.3 Å². The van der Waals surface area contributed by atoms with E-state index in [-0.39, 0.29) is 31.1 Å². The molecule has 0 bridgehead atoms. The van der Waals surface area contributed by atoms with E-state index in [4.69, 9.17) is 14.2 Å². The number of allylic oxidation sites excluding steroid dienone is 6. The molecule has 0 heterocycles. The van der Waals surface area contributed by atoms with E-state index in [9.17, 15) is 14.4 Å². The molecule has 6 heteroatoms. The summed E-state index contributed by atoms with van der Waals surface area (Å²) >= 11 is 0. The fourth-order valence-corrected chi connectivity index (χ4v) is 9.64. The summed E-state index contributed by atoms with van der Waals surface area (Å²) in [6, 6.07) is 0. The molecule has 0 aliphatic carbocycles. The van der Waals surface area contributed by atoms with E-state index in [1.54, 1.807) is 0 Å². The number of carbonyl (C=O) groups is 3. The second-order valence-electron chi connectivity index (χ2n) is 21.7. The molecule has 0 aromatic heterocycles. The minimum Gasteiger partial charge on any atom is -0.462 e. The Hall–Kier alpha value is -2.37. The van der Waals surface area contributed by atoms with Crippen LogP contribution in [0.15, 0.2) is 36.5 Å². The molecule has 0 fully saturated rings. The summed E-state index contributed by atoms with van der Waals surface area (Å²) in [6.07, 6.45) is 75.2. The summed E-state index contributed by atoms with van der Waals surface area (Å²) in [5.74, 6) is -0.906. The van der Waals surface area contributed by atoms with Crippen LogP contribution in [0.4, 0.5) is 0 Å². The number of carbonyl (C=O) groups excluding carboxylic acids is 3. The van der Waals surface area contributed by atoms with Gasteiger partial charge in [-0.05, 0) is 51.4 Å². The van der Waals surface area contributed by atoms with Crippen molar-refractivity contribution in [3.05, 3.63) is 36.5 Å². The maximum absolute atomic E-state index is 12.7. The normalized spacial score (nSPS) is 12.2. The van der Waals surface area contributed by atoms with Crippen LogP contribution in [-0.4, -0.2) is 37.2 Å². The zero-order valence-corrected chi connectivity index (χ0v) is 48.5. The summed E-state index contributed by atoms with van der Waals surface area (Å²) in [6.45, 7) is 6.48. The maximum atomic E-state index is 12.7. The molecular weight excluding hydrogens is 889 g/mol. The number of hydrogen-bond donors (Lipinski definition) is 0. The minimum absolute atomic E-state index is 0.0807. The van der Waals surface area contributed by atoms with Gasteiger partial charge in [0, 0.05) is 19.3 Å². The smallest absolute Gasteiger partial charge is 0.306 e. The molecule has 0 saturated carbocycles. The Labute approximate surface area is 448 Å². The van der Waals surface area contributed by atoms with Gasteiger partial charge in [0.15, 0.2) is 6.10 Å². The molecule has 6 nitrogen and oxygen atoms in total. The molecule has 0 aromatic carbocycles. The SMILES string of the molecule is CC/C=C\C/C=C\C/C=C\CCCCCC(=O)OC(COC(=O)CCCCCCCC)COC(=O)CCCCCCCCCCCCCCCCCCCCCCCCCCCCCCCCCCCCC. The average molecular weight is 1010 g/mol. The third kappa shape index (κ3) is 58.5. The highest BCUT2D eigenvalue weighted by molar-refractivity contribution is 5.71. The van der Waals surface area contributed by atoms with E-state index in [1.165, 1.54) is 225 Å². The highest BCUT2D eigenvalue weighted by Crippen LogP contribution is 2.18. The quantitative estimate of drug-likeness (QED) is 0.0261. The lowest BCUT2D eigenvalue weighted by atomic mass is 10.0. The van der Waals surface area contributed by atoms with Crippen molar-refractivity contribution in [2.45, 2.75) is 354 Å². The predicted octanol–water partition coefficient (Wildman–Crippen LogP) is 21.6. The summed E-state index contributed by atoms with van der Waals surface area (Å²) < 4.78 is 16.7. The van der Waals surface area contributed by atoms with Gasteiger partial charge >= 0.3 is 17.9 Å². The molecule has 0 saturated heterocycles. The van der Waals surface area contributed by atoms with Gasteiger partial charge in [-0.3, -0.25) is 14.4 Å². The first-order chi connectivity index (χ1) is 35.5. The Kier molecular flexibility index (Phi) is 59.2. The van der Waals surface area contributed by atoms with Crippen molar-refractivity contribution < 1.29 is 28.6 Å². The van der Waals surface area contributed by atoms with Crippen LogP contribution in [0.2, 0.25) is 0 Å². The van der Waals surface area contributed by atoms with E-state index in [2.05, 4.69) is 57.2 Å². The van der Waals surface area contributed by atoms with Crippen molar-refractivity contribution in [3.63, 3.8) is 0 Å². The van der Waals surface area contributed by atoms with Crippen LogP contribution in [-0.2, 0) is 28.6 Å². The van der Waals surface area contributed by atoms with Gasteiger partial charge in [-0.1, -0.05) is 314 Å². The average Bonchev–Trinajstić information content (AvgIpc) is 3.38. The molecule has 0 radical (unpaired) electrons. The Bertz CT molecular complexity index is 1210. The van der Waals surface area contributed by atoms with Crippen LogP contribution in [0, 0.1) is 0 Å². The summed E-state index contributed by atoms with van der Waals surface area (Å²) in [5.41, 5.74) is 0. The molecule has 1 atom stereocenters. The molecular formula is C66H122O6. The number of esters is 3. The van der Waals surface area contributed by atoms with Gasteiger partial charge < -0.3 is 14.2 Å². The highest BCUT2D eigenvalue weighted by Gasteiger charge is 2.19. The Morgan fingerprint density at radius 3 is 0.847 bits per heavy atom.